The number of amides is 1. The third-order valence-electron chi connectivity index (χ3n) is 3.70. The number of carbonyl (C=O) groups is 1. The van der Waals surface area contributed by atoms with Crippen LogP contribution in [0, 0.1) is 5.92 Å². The first kappa shape index (κ1) is 16.3. The topological polar surface area (TPSA) is 66.5 Å². The Bertz CT molecular complexity index is 610. The first-order chi connectivity index (χ1) is 9.92. The van der Waals surface area contributed by atoms with E-state index in [9.17, 15) is 13.2 Å². The van der Waals surface area contributed by atoms with Crippen LogP contribution in [0.1, 0.15) is 18.4 Å². The van der Waals surface area contributed by atoms with Crippen molar-refractivity contribution >= 4 is 27.5 Å². The van der Waals surface area contributed by atoms with Gasteiger partial charge in [0.25, 0.3) is 0 Å². The molecule has 1 N–H and O–H groups in total. The van der Waals surface area contributed by atoms with Crippen molar-refractivity contribution in [3.8, 4) is 0 Å². The van der Waals surface area contributed by atoms with Crippen LogP contribution in [0.3, 0.4) is 0 Å². The number of nitrogens with one attached hydrogen (secondary N) is 1. The highest BCUT2D eigenvalue weighted by Crippen LogP contribution is 2.22. The van der Waals surface area contributed by atoms with Crippen LogP contribution < -0.4 is 5.32 Å². The molecule has 116 valence electrons. The lowest BCUT2D eigenvalue weighted by molar-refractivity contribution is -0.125. The van der Waals surface area contributed by atoms with E-state index in [-0.39, 0.29) is 17.6 Å². The van der Waals surface area contributed by atoms with Crippen molar-refractivity contribution in [2.24, 2.45) is 5.92 Å². The standard InChI is InChI=1S/C14H19ClN2O3S/c1-16-14(18)12-5-7-17(8-6-12)21(19,20)10-11-3-2-4-13(15)9-11/h2-4,9,12H,5-8,10H2,1H3,(H,16,18). The van der Waals surface area contributed by atoms with Crippen LogP contribution in [0.4, 0.5) is 0 Å². The van der Waals surface area contributed by atoms with Gasteiger partial charge in [0, 0.05) is 31.1 Å². The van der Waals surface area contributed by atoms with E-state index in [1.165, 1.54) is 4.31 Å². The molecule has 0 saturated carbocycles. The third-order valence-corrected chi connectivity index (χ3v) is 5.79. The van der Waals surface area contributed by atoms with Crippen molar-refractivity contribution in [3.05, 3.63) is 34.9 Å². The summed E-state index contributed by atoms with van der Waals surface area (Å²) in [6.07, 6.45) is 1.13. The Morgan fingerprint density at radius 2 is 2.05 bits per heavy atom. The normalized spacial score (nSPS) is 17.6. The fourth-order valence-electron chi connectivity index (χ4n) is 2.53. The number of rotatable bonds is 4. The highest BCUT2D eigenvalue weighted by molar-refractivity contribution is 7.88. The molecule has 2 rings (SSSR count). The minimum atomic E-state index is -3.37. The van der Waals surface area contributed by atoms with Crippen molar-refractivity contribution in [2.45, 2.75) is 18.6 Å². The summed E-state index contributed by atoms with van der Waals surface area (Å²) < 4.78 is 26.3. The van der Waals surface area contributed by atoms with Gasteiger partial charge in [0.05, 0.1) is 5.75 Å². The Labute approximate surface area is 130 Å². The Balaban J connectivity index is 2.00. The molecular weight excluding hydrogens is 312 g/mol. The molecular formula is C14H19ClN2O3S. The predicted molar refractivity (Wildman–Crippen MR) is 82.4 cm³/mol. The Morgan fingerprint density at radius 3 is 2.62 bits per heavy atom. The van der Waals surface area contributed by atoms with E-state index in [0.29, 0.717) is 36.5 Å². The van der Waals surface area contributed by atoms with Crippen molar-refractivity contribution in [2.75, 3.05) is 20.1 Å². The summed E-state index contributed by atoms with van der Waals surface area (Å²) in [5.74, 6) is -0.160. The molecule has 1 aromatic rings. The van der Waals surface area contributed by atoms with Gasteiger partial charge in [-0.05, 0) is 30.5 Å². The van der Waals surface area contributed by atoms with Crippen molar-refractivity contribution in [3.63, 3.8) is 0 Å². The number of sulfonamides is 1. The van der Waals surface area contributed by atoms with Gasteiger partial charge in [-0.3, -0.25) is 4.79 Å². The molecule has 0 radical (unpaired) electrons. The fraction of sp³-hybridized carbons (Fsp3) is 0.500. The predicted octanol–water partition coefficient (Wildman–Crippen LogP) is 1.63. The van der Waals surface area contributed by atoms with Gasteiger partial charge in [-0.2, -0.15) is 0 Å². The smallest absolute Gasteiger partial charge is 0.222 e. The zero-order chi connectivity index (χ0) is 15.5. The van der Waals surface area contributed by atoms with Gasteiger partial charge in [-0.25, -0.2) is 12.7 Å². The summed E-state index contributed by atoms with van der Waals surface area (Å²) in [5.41, 5.74) is 0.677. The summed E-state index contributed by atoms with van der Waals surface area (Å²) >= 11 is 5.88. The van der Waals surface area contributed by atoms with Gasteiger partial charge in [0.15, 0.2) is 0 Å². The molecule has 1 aromatic carbocycles. The van der Waals surface area contributed by atoms with E-state index < -0.39 is 10.0 Å². The lowest BCUT2D eigenvalue weighted by Crippen LogP contribution is -2.42. The number of hydrogen-bond acceptors (Lipinski definition) is 3. The molecule has 0 aromatic heterocycles. The van der Waals surface area contributed by atoms with Gasteiger partial charge >= 0.3 is 0 Å². The average molecular weight is 331 g/mol. The van der Waals surface area contributed by atoms with Gasteiger partial charge in [-0.1, -0.05) is 23.7 Å². The SMILES string of the molecule is CNC(=O)C1CCN(S(=O)(=O)Cc2cccc(Cl)c2)CC1. The Morgan fingerprint density at radius 1 is 1.38 bits per heavy atom. The van der Waals surface area contributed by atoms with Crippen molar-refractivity contribution < 1.29 is 13.2 Å². The molecule has 1 aliphatic heterocycles. The number of halogens is 1. The molecule has 0 bridgehead atoms. The summed E-state index contributed by atoms with van der Waals surface area (Å²) in [4.78, 5) is 11.6. The quantitative estimate of drug-likeness (QED) is 0.912. The highest BCUT2D eigenvalue weighted by Gasteiger charge is 2.30. The van der Waals surface area contributed by atoms with Crippen LogP contribution in [0.25, 0.3) is 0 Å². The van der Waals surface area contributed by atoms with E-state index in [4.69, 9.17) is 11.6 Å². The molecule has 0 unspecified atom stereocenters. The molecule has 0 atom stereocenters. The molecule has 0 aliphatic carbocycles. The molecule has 5 nitrogen and oxygen atoms in total. The first-order valence-electron chi connectivity index (χ1n) is 6.86. The van der Waals surface area contributed by atoms with Crippen LogP contribution in [-0.2, 0) is 20.6 Å². The monoisotopic (exact) mass is 330 g/mol. The minimum Gasteiger partial charge on any atom is -0.359 e. The molecule has 1 aliphatic rings. The third kappa shape index (κ3) is 4.18. The zero-order valence-electron chi connectivity index (χ0n) is 11.9. The largest absolute Gasteiger partial charge is 0.359 e. The maximum absolute atomic E-state index is 12.4. The maximum atomic E-state index is 12.4. The van der Waals surface area contributed by atoms with Crippen LogP contribution >= 0.6 is 11.6 Å². The fourth-order valence-corrected chi connectivity index (χ4v) is 4.29. The number of hydrogen-bond donors (Lipinski definition) is 1. The van der Waals surface area contributed by atoms with E-state index >= 15 is 0 Å². The average Bonchev–Trinajstić information content (AvgIpc) is 2.46. The first-order valence-corrected chi connectivity index (χ1v) is 8.85. The number of carbonyl (C=O) groups excluding carboxylic acids is 1. The lowest BCUT2D eigenvalue weighted by atomic mass is 9.97. The van der Waals surface area contributed by atoms with E-state index in [1.54, 1.807) is 31.3 Å². The molecule has 21 heavy (non-hydrogen) atoms. The number of nitrogens with zero attached hydrogens (tertiary/aromatic N) is 1. The molecule has 7 heteroatoms. The molecule has 1 saturated heterocycles. The molecule has 1 fully saturated rings. The van der Waals surface area contributed by atoms with Crippen molar-refractivity contribution in [1.82, 2.24) is 9.62 Å². The van der Waals surface area contributed by atoms with Gasteiger partial charge in [0.1, 0.15) is 0 Å². The summed E-state index contributed by atoms with van der Waals surface area (Å²) in [5, 5.41) is 3.14. The number of piperidine rings is 1. The number of benzene rings is 1. The second kappa shape index (κ2) is 6.77. The second-order valence-electron chi connectivity index (χ2n) is 5.17. The van der Waals surface area contributed by atoms with E-state index in [0.717, 1.165) is 0 Å². The maximum Gasteiger partial charge on any atom is 0.222 e. The van der Waals surface area contributed by atoms with Crippen LogP contribution in [-0.4, -0.2) is 38.8 Å². The van der Waals surface area contributed by atoms with E-state index in [2.05, 4.69) is 5.32 Å². The summed E-state index contributed by atoms with van der Waals surface area (Å²) in [6.45, 7) is 0.780. The van der Waals surface area contributed by atoms with Crippen LogP contribution in [0.5, 0.6) is 0 Å². The van der Waals surface area contributed by atoms with Crippen molar-refractivity contribution in [1.29, 1.82) is 0 Å². The van der Waals surface area contributed by atoms with Gasteiger partial charge in [0.2, 0.25) is 15.9 Å². The summed E-state index contributed by atoms with van der Waals surface area (Å²) in [6, 6.07) is 6.87. The van der Waals surface area contributed by atoms with Crippen LogP contribution in [0.2, 0.25) is 5.02 Å². The second-order valence-corrected chi connectivity index (χ2v) is 7.58. The van der Waals surface area contributed by atoms with E-state index in [1.807, 2.05) is 0 Å². The zero-order valence-corrected chi connectivity index (χ0v) is 13.5. The minimum absolute atomic E-state index is 0.0121. The molecule has 1 heterocycles. The highest BCUT2D eigenvalue weighted by atomic mass is 35.5. The van der Waals surface area contributed by atoms with Crippen LogP contribution in [0.15, 0.2) is 24.3 Å². The Hall–Kier alpha value is -1.11. The van der Waals surface area contributed by atoms with Gasteiger partial charge in [-0.15, -0.1) is 0 Å². The molecule has 0 spiro atoms. The van der Waals surface area contributed by atoms with Gasteiger partial charge < -0.3 is 5.32 Å². The summed E-state index contributed by atoms with van der Waals surface area (Å²) in [7, 11) is -1.76. The lowest BCUT2D eigenvalue weighted by Gasteiger charge is -2.30. The Kier molecular flexibility index (Phi) is 5.24. The molecule has 1 amide bonds.